The third kappa shape index (κ3) is 2.75. The molecule has 0 aliphatic rings. The van der Waals surface area contributed by atoms with Gasteiger partial charge in [0.1, 0.15) is 11.6 Å². The van der Waals surface area contributed by atoms with Gasteiger partial charge in [0.2, 0.25) is 0 Å². The highest BCUT2D eigenvalue weighted by molar-refractivity contribution is 5.21. The summed E-state index contributed by atoms with van der Waals surface area (Å²) in [6.45, 7) is 4.35. The number of hydrogen-bond donors (Lipinski definition) is 1. The SMILES string of the molecule is CCC(C)(CN)Cc1c(F)cccc1F. The van der Waals surface area contributed by atoms with Crippen LogP contribution in [0.3, 0.4) is 0 Å². The second kappa shape index (κ2) is 4.71. The number of nitrogens with two attached hydrogens (primary N) is 1. The van der Waals surface area contributed by atoms with Crippen LogP contribution < -0.4 is 5.73 Å². The first kappa shape index (κ1) is 12.1. The van der Waals surface area contributed by atoms with Gasteiger partial charge in [-0.2, -0.15) is 0 Å². The topological polar surface area (TPSA) is 26.0 Å². The number of rotatable bonds is 4. The molecule has 2 N–H and O–H groups in total. The van der Waals surface area contributed by atoms with Crippen LogP contribution in [0.1, 0.15) is 25.8 Å². The lowest BCUT2D eigenvalue weighted by Gasteiger charge is -2.26. The summed E-state index contributed by atoms with van der Waals surface area (Å²) in [6.07, 6.45) is 1.15. The molecule has 0 spiro atoms. The summed E-state index contributed by atoms with van der Waals surface area (Å²) in [6, 6.07) is 3.94. The van der Waals surface area contributed by atoms with Crippen molar-refractivity contribution in [1.29, 1.82) is 0 Å². The van der Waals surface area contributed by atoms with Gasteiger partial charge in [0.15, 0.2) is 0 Å². The number of benzene rings is 1. The Labute approximate surface area is 89.3 Å². The monoisotopic (exact) mass is 213 g/mol. The molecule has 1 rings (SSSR count). The average Bonchev–Trinajstić information content (AvgIpc) is 2.23. The molecule has 1 unspecified atom stereocenters. The van der Waals surface area contributed by atoms with E-state index in [0.717, 1.165) is 6.42 Å². The fourth-order valence-corrected chi connectivity index (χ4v) is 1.47. The molecule has 15 heavy (non-hydrogen) atoms. The largest absolute Gasteiger partial charge is 0.330 e. The predicted octanol–water partition coefficient (Wildman–Crippen LogP) is 2.88. The maximum atomic E-state index is 13.4. The zero-order chi connectivity index (χ0) is 11.5. The molecule has 1 nitrogen and oxygen atoms in total. The van der Waals surface area contributed by atoms with Gasteiger partial charge >= 0.3 is 0 Å². The Hall–Kier alpha value is -0.960. The summed E-state index contributed by atoms with van der Waals surface area (Å²) >= 11 is 0. The minimum atomic E-state index is -0.483. The van der Waals surface area contributed by atoms with E-state index in [4.69, 9.17) is 5.73 Å². The Morgan fingerprint density at radius 1 is 1.27 bits per heavy atom. The highest BCUT2D eigenvalue weighted by Crippen LogP contribution is 2.27. The molecule has 0 saturated heterocycles. The van der Waals surface area contributed by atoms with Crippen LogP contribution in [-0.2, 0) is 6.42 Å². The number of hydrogen-bond acceptors (Lipinski definition) is 1. The van der Waals surface area contributed by atoms with E-state index in [9.17, 15) is 8.78 Å². The lowest BCUT2D eigenvalue weighted by Crippen LogP contribution is -2.29. The summed E-state index contributed by atoms with van der Waals surface area (Å²) in [7, 11) is 0. The molecule has 0 aliphatic carbocycles. The van der Waals surface area contributed by atoms with E-state index < -0.39 is 11.6 Å². The van der Waals surface area contributed by atoms with Crippen LogP contribution in [0.25, 0.3) is 0 Å². The Bertz CT molecular complexity index is 312. The maximum absolute atomic E-state index is 13.4. The van der Waals surface area contributed by atoms with Gasteiger partial charge in [0.25, 0.3) is 0 Å². The molecule has 0 aromatic heterocycles. The lowest BCUT2D eigenvalue weighted by atomic mass is 9.81. The van der Waals surface area contributed by atoms with Gasteiger partial charge in [-0.1, -0.05) is 19.9 Å². The quantitative estimate of drug-likeness (QED) is 0.817. The first-order valence-corrected chi connectivity index (χ1v) is 5.15. The van der Waals surface area contributed by atoms with E-state index in [1.54, 1.807) is 0 Å². The summed E-state index contributed by atoms with van der Waals surface area (Å²) in [4.78, 5) is 0. The predicted molar refractivity (Wildman–Crippen MR) is 57.5 cm³/mol. The molecular formula is C12H17F2N. The van der Waals surface area contributed by atoms with Gasteiger partial charge in [0, 0.05) is 5.56 Å². The molecule has 0 bridgehead atoms. The molecule has 1 aromatic carbocycles. The summed E-state index contributed by atoms with van der Waals surface area (Å²) in [5, 5.41) is 0. The van der Waals surface area contributed by atoms with Crippen molar-refractivity contribution in [2.75, 3.05) is 6.54 Å². The molecule has 0 saturated carbocycles. The van der Waals surface area contributed by atoms with Gasteiger partial charge in [-0.05, 0) is 36.9 Å². The molecule has 0 amide bonds. The van der Waals surface area contributed by atoms with Crippen LogP contribution in [0.4, 0.5) is 8.78 Å². The first-order valence-electron chi connectivity index (χ1n) is 5.15. The second-order valence-electron chi connectivity index (χ2n) is 4.25. The molecule has 0 fully saturated rings. The van der Waals surface area contributed by atoms with Crippen molar-refractivity contribution in [1.82, 2.24) is 0 Å². The van der Waals surface area contributed by atoms with Gasteiger partial charge in [0.05, 0.1) is 0 Å². The summed E-state index contributed by atoms with van der Waals surface area (Å²) < 4.78 is 26.7. The third-order valence-corrected chi connectivity index (χ3v) is 3.01. The Morgan fingerprint density at radius 2 is 1.80 bits per heavy atom. The maximum Gasteiger partial charge on any atom is 0.129 e. The molecular weight excluding hydrogens is 196 g/mol. The zero-order valence-electron chi connectivity index (χ0n) is 9.19. The van der Waals surface area contributed by atoms with Crippen LogP contribution in [0.5, 0.6) is 0 Å². The minimum absolute atomic E-state index is 0.146. The van der Waals surface area contributed by atoms with Crippen molar-refractivity contribution in [2.24, 2.45) is 11.1 Å². The smallest absolute Gasteiger partial charge is 0.129 e. The molecule has 0 aliphatic heterocycles. The van der Waals surface area contributed by atoms with Crippen molar-refractivity contribution in [3.05, 3.63) is 35.4 Å². The molecule has 1 atom stereocenters. The van der Waals surface area contributed by atoms with E-state index in [1.807, 2.05) is 13.8 Å². The molecule has 84 valence electrons. The van der Waals surface area contributed by atoms with E-state index in [-0.39, 0.29) is 11.0 Å². The fourth-order valence-electron chi connectivity index (χ4n) is 1.47. The third-order valence-electron chi connectivity index (χ3n) is 3.01. The summed E-state index contributed by atoms with van der Waals surface area (Å²) in [5.74, 6) is -0.966. The average molecular weight is 213 g/mol. The van der Waals surface area contributed by atoms with Crippen molar-refractivity contribution in [3.8, 4) is 0 Å². The van der Waals surface area contributed by atoms with Crippen LogP contribution in [0.15, 0.2) is 18.2 Å². The van der Waals surface area contributed by atoms with Gasteiger partial charge in [-0.25, -0.2) is 8.78 Å². The molecule has 3 heteroatoms. The van der Waals surface area contributed by atoms with E-state index in [2.05, 4.69) is 0 Å². The van der Waals surface area contributed by atoms with Crippen molar-refractivity contribution >= 4 is 0 Å². The number of halogens is 2. The lowest BCUT2D eigenvalue weighted by molar-refractivity contribution is 0.310. The Morgan fingerprint density at radius 3 is 2.20 bits per heavy atom. The van der Waals surface area contributed by atoms with Crippen LogP contribution in [0.2, 0.25) is 0 Å². The standard InChI is InChI=1S/C12H17F2N/c1-3-12(2,8-15)7-9-10(13)5-4-6-11(9)14/h4-6H,3,7-8,15H2,1-2H3. The van der Waals surface area contributed by atoms with Crippen LogP contribution in [-0.4, -0.2) is 6.54 Å². The zero-order valence-corrected chi connectivity index (χ0v) is 9.19. The summed E-state index contributed by atoms with van der Waals surface area (Å²) in [5.41, 5.74) is 5.53. The highest BCUT2D eigenvalue weighted by Gasteiger charge is 2.24. The second-order valence-corrected chi connectivity index (χ2v) is 4.25. The Balaban J connectivity index is 2.98. The molecule has 0 radical (unpaired) electrons. The van der Waals surface area contributed by atoms with Gasteiger partial charge in [-0.3, -0.25) is 0 Å². The van der Waals surface area contributed by atoms with Crippen molar-refractivity contribution in [3.63, 3.8) is 0 Å². The van der Waals surface area contributed by atoms with E-state index in [1.165, 1.54) is 18.2 Å². The molecule has 0 heterocycles. The van der Waals surface area contributed by atoms with Crippen molar-refractivity contribution in [2.45, 2.75) is 26.7 Å². The van der Waals surface area contributed by atoms with Gasteiger partial charge < -0.3 is 5.73 Å². The normalized spacial score (nSPS) is 15.0. The van der Waals surface area contributed by atoms with Crippen molar-refractivity contribution < 1.29 is 8.78 Å². The fraction of sp³-hybridized carbons (Fsp3) is 0.500. The first-order chi connectivity index (χ1) is 7.02. The highest BCUT2D eigenvalue weighted by atomic mass is 19.1. The van der Waals surface area contributed by atoms with Crippen LogP contribution in [0, 0.1) is 17.0 Å². The Kier molecular flexibility index (Phi) is 3.80. The van der Waals surface area contributed by atoms with E-state index >= 15 is 0 Å². The van der Waals surface area contributed by atoms with Gasteiger partial charge in [-0.15, -0.1) is 0 Å². The van der Waals surface area contributed by atoms with E-state index in [0.29, 0.717) is 13.0 Å². The molecule has 1 aromatic rings. The minimum Gasteiger partial charge on any atom is -0.330 e. The van der Waals surface area contributed by atoms with Crippen LogP contribution >= 0.6 is 0 Å².